The molecule has 18 heavy (non-hydrogen) atoms. The van der Waals surface area contributed by atoms with E-state index >= 15 is 0 Å². The summed E-state index contributed by atoms with van der Waals surface area (Å²) in [4.78, 5) is 4.36. The van der Waals surface area contributed by atoms with Crippen LogP contribution in [0.4, 0.5) is 0 Å². The number of rotatable bonds is 8. The molecule has 0 aliphatic heterocycles. The SMILES string of the molecule is CCOC(C)(CC)c1noc(CC(N)COC)n1. The van der Waals surface area contributed by atoms with Gasteiger partial charge in [0.1, 0.15) is 5.60 Å². The molecule has 0 aromatic carbocycles. The van der Waals surface area contributed by atoms with Gasteiger partial charge in [-0.25, -0.2) is 0 Å². The van der Waals surface area contributed by atoms with E-state index < -0.39 is 5.60 Å². The lowest BCUT2D eigenvalue weighted by molar-refractivity contribution is -0.0403. The van der Waals surface area contributed by atoms with E-state index in [1.165, 1.54) is 0 Å². The van der Waals surface area contributed by atoms with Crippen molar-refractivity contribution in [1.82, 2.24) is 10.1 Å². The Hall–Kier alpha value is -0.980. The molecule has 2 unspecified atom stereocenters. The summed E-state index contributed by atoms with van der Waals surface area (Å²) in [5, 5.41) is 3.98. The number of nitrogens with two attached hydrogens (primary N) is 1. The molecular weight excluding hydrogens is 234 g/mol. The molecule has 0 amide bonds. The van der Waals surface area contributed by atoms with Crippen LogP contribution in [0.2, 0.25) is 0 Å². The fourth-order valence-electron chi connectivity index (χ4n) is 1.69. The van der Waals surface area contributed by atoms with Crippen molar-refractivity contribution in [2.24, 2.45) is 5.73 Å². The average Bonchev–Trinajstić information content (AvgIpc) is 2.78. The molecule has 0 bridgehead atoms. The maximum atomic E-state index is 5.84. The van der Waals surface area contributed by atoms with Crippen LogP contribution in [0.1, 0.15) is 38.9 Å². The van der Waals surface area contributed by atoms with E-state index in [4.69, 9.17) is 19.7 Å². The third-order valence-electron chi connectivity index (χ3n) is 2.90. The van der Waals surface area contributed by atoms with Gasteiger partial charge in [-0.05, 0) is 20.3 Å². The molecule has 0 aliphatic rings. The average molecular weight is 257 g/mol. The van der Waals surface area contributed by atoms with Crippen LogP contribution in [0, 0.1) is 0 Å². The van der Waals surface area contributed by atoms with E-state index in [0.717, 1.165) is 6.42 Å². The van der Waals surface area contributed by atoms with Crippen LogP contribution >= 0.6 is 0 Å². The van der Waals surface area contributed by atoms with Gasteiger partial charge < -0.3 is 19.7 Å². The smallest absolute Gasteiger partial charge is 0.228 e. The van der Waals surface area contributed by atoms with Crippen molar-refractivity contribution in [3.8, 4) is 0 Å². The number of hydrogen-bond donors (Lipinski definition) is 1. The number of hydrogen-bond acceptors (Lipinski definition) is 6. The van der Waals surface area contributed by atoms with Crippen molar-refractivity contribution in [3.05, 3.63) is 11.7 Å². The minimum absolute atomic E-state index is 0.136. The molecule has 2 N–H and O–H groups in total. The van der Waals surface area contributed by atoms with Crippen LogP contribution in [0.25, 0.3) is 0 Å². The molecule has 6 nitrogen and oxygen atoms in total. The first kappa shape index (κ1) is 15.1. The maximum absolute atomic E-state index is 5.84. The highest BCUT2D eigenvalue weighted by Gasteiger charge is 2.31. The number of aromatic nitrogens is 2. The van der Waals surface area contributed by atoms with Gasteiger partial charge in [0.15, 0.2) is 0 Å². The Bertz CT molecular complexity index is 356. The first-order chi connectivity index (χ1) is 8.55. The molecule has 0 radical (unpaired) electrons. The van der Waals surface area contributed by atoms with Crippen LogP contribution in [0.5, 0.6) is 0 Å². The van der Waals surface area contributed by atoms with E-state index in [1.807, 2.05) is 20.8 Å². The third kappa shape index (κ3) is 3.76. The predicted octanol–water partition coefficient (Wildman–Crippen LogP) is 1.25. The van der Waals surface area contributed by atoms with E-state index in [9.17, 15) is 0 Å². The summed E-state index contributed by atoms with van der Waals surface area (Å²) in [6.07, 6.45) is 1.29. The summed E-state index contributed by atoms with van der Waals surface area (Å²) in [5.41, 5.74) is 5.34. The second-order valence-electron chi connectivity index (χ2n) is 4.45. The molecular formula is C12H23N3O3. The molecule has 1 aromatic rings. The van der Waals surface area contributed by atoms with Crippen molar-refractivity contribution in [2.75, 3.05) is 20.3 Å². The fraction of sp³-hybridized carbons (Fsp3) is 0.833. The van der Waals surface area contributed by atoms with Gasteiger partial charge in [0, 0.05) is 26.2 Å². The van der Waals surface area contributed by atoms with Crippen molar-refractivity contribution < 1.29 is 14.0 Å². The monoisotopic (exact) mass is 257 g/mol. The third-order valence-corrected chi connectivity index (χ3v) is 2.90. The standard InChI is InChI=1S/C12H23N3O3/c1-5-12(3,17-6-2)11-14-10(18-15-11)7-9(13)8-16-4/h9H,5-8,13H2,1-4H3. The zero-order valence-electron chi connectivity index (χ0n) is 11.6. The molecule has 0 fully saturated rings. The van der Waals surface area contributed by atoms with Gasteiger partial charge in [0.25, 0.3) is 0 Å². The van der Waals surface area contributed by atoms with Gasteiger partial charge in [0.05, 0.1) is 6.61 Å². The van der Waals surface area contributed by atoms with E-state index in [-0.39, 0.29) is 6.04 Å². The molecule has 1 rings (SSSR count). The topological polar surface area (TPSA) is 83.4 Å². The molecule has 2 atom stereocenters. The Morgan fingerprint density at radius 2 is 2.17 bits per heavy atom. The lowest BCUT2D eigenvalue weighted by Crippen LogP contribution is -2.29. The zero-order chi connectivity index (χ0) is 13.6. The second kappa shape index (κ2) is 6.82. The summed E-state index contributed by atoms with van der Waals surface area (Å²) in [5.74, 6) is 1.10. The summed E-state index contributed by atoms with van der Waals surface area (Å²) in [6.45, 7) is 7.01. The highest BCUT2D eigenvalue weighted by molar-refractivity contribution is 5.00. The Balaban J connectivity index is 2.72. The first-order valence-electron chi connectivity index (χ1n) is 6.27. The molecule has 0 saturated carbocycles. The molecule has 104 valence electrons. The Morgan fingerprint density at radius 3 is 2.72 bits per heavy atom. The fourth-order valence-corrected chi connectivity index (χ4v) is 1.69. The normalized spacial score (nSPS) is 16.5. The first-order valence-corrected chi connectivity index (χ1v) is 6.27. The van der Waals surface area contributed by atoms with Gasteiger partial charge in [-0.2, -0.15) is 4.98 Å². The van der Waals surface area contributed by atoms with Crippen LogP contribution in [0.15, 0.2) is 4.52 Å². The lowest BCUT2D eigenvalue weighted by Gasteiger charge is -2.23. The Labute approximate surface area is 108 Å². The summed E-state index contributed by atoms with van der Waals surface area (Å²) < 4.78 is 15.9. The zero-order valence-corrected chi connectivity index (χ0v) is 11.6. The van der Waals surface area contributed by atoms with Crippen molar-refractivity contribution in [3.63, 3.8) is 0 Å². The van der Waals surface area contributed by atoms with Crippen LogP contribution in [-0.4, -0.2) is 36.5 Å². The Morgan fingerprint density at radius 1 is 1.44 bits per heavy atom. The molecule has 0 saturated heterocycles. The van der Waals surface area contributed by atoms with Crippen LogP contribution < -0.4 is 5.73 Å². The summed E-state index contributed by atoms with van der Waals surface area (Å²) >= 11 is 0. The van der Waals surface area contributed by atoms with E-state index in [0.29, 0.717) is 31.3 Å². The molecule has 0 aliphatic carbocycles. The van der Waals surface area contributed by atoms with Gasteiger partial charge in [0.2, 0.25) is 11.7 Å². The summed E-state index contributed by atoms with van der Waals surface area (Å²) in [6, 6.07) is -0.136. The van der Waals surface area contributed by atoms with Gasteiger partial charge in [-0.1, -0.05) is 12.1 Å². The van der Waals surface area contributed by atoms with E-state index in [2.05, 4.69) is 10.1 Å². The maximum Gasteiger partial charge on any atom is 0.228 e. The minimum Gasteiger partial charge on any atom is -0.383 e. The van der Waals surface area contributed by atoms with Crippen LogP contribution in [0.3, 0.4) is 0 Å². The Kier molecular flexibility index (Phi) is 5.71. The molecule has 0 spiro atoms. The largest absolute Gasteiger partial charge is 0.383 e. The predicted molar refractivity (Wildman–Crippen MR) is 67.1 cm³/mol. The highest BCUT2D eigenvalue weighted by atomic mass is 16.5. The van der Waals surface area contributed by atoms with Crippen molar-refractivity contribution in [1.29, 1.82) is 0 Å². The quantitative estimate of drug-likeness (QED) is 0.754. The lowest BCUT2D eigenvalue weighted by atomic mass is 10.0. The van der Waals surface area contributed by atoms with Gasteiger partial charge in [-0.15, -0.1) is 0 Å². The van der Waals surface area contributed by atoms with Gasteiger partial charge >= 0.3 is 0 Å². The number of ether oxygens (including phenoxy) is 2. The van der Waals surface area contributed by atoms with Gasteiger partial charge in [-0.3, -0.25) is 0 Å². The highest BCUT2D eigenvalue weighted by Crippen LogP contribution is 2.26. The number of methoxy groups -OCH3 is 1. The summed E-state index contributed by atoms with van der Waals surface area (Å²) in [7, 11) is 1.61. The second-order valence-corrected chi connectivity index (χ2v) is 4.45. The van der Waals surface area contributed by atoms with E-state index in [1.54, 1.807) is 7.11 Å². The van der Waals surface area contributed by atoms with Crippen molar-refractivity contribution >= 4 is 0 Å². The van der Waals surface area contributed by atoms with Crippen molar-refractivity contribution in [2.45, 2.75) is 45.3 Å². The molecule has 1 aromatic heterocycles. The minimum atomic E-state index is -0.498. The molecule has 6 heteroatoms. The number of nitrogens with zero attached hydrogens (tertiary/aromatic N) is 2. The molecule has 1 heterocycles. The van der Waals surface area contributed by atoms with Crippen LogP contribution in [-0.2, 0) is 21.5 Å².